The number of hydrogen-bond acceptors (Lipinski definition) is 5. The smallest absolute Gasteiger partial charge is 0.286 e. The summed E-state index contributed by atoms with van der Waals surface area (Å²) < 4.78 is 3.99. The number of halogens is 1. The van der Waals surface area contributed by atoms with Crippen molar-refractivity contribution in [3.63, 3.8) is 0 Å². The van der Waals surface area contributed by atoms with Crippen LogP contribution in [0.5, 0.6) is 0 Å². The number of rotatable bonds is 5. The lowest BCUT2D eigenvalue weighted by Crippen LogP contribution is -2.20. The monoisotopic (exact) mass is 401 g/mol. The van der Waals surface area contributed by atoms with E-state index < -0.39 is 0 Å². The van der Waals surface area contributed by atoms with Crippen LogP contribution < -0.4 is 5.56 Å². The van der Waals surface area contributed by atoms with Crippen molar-refractivity contribution < 1.29 is 0 Å². The van der Waals surface area contributed by atoms with Crippen LogP contribution in [0.15, 0.2) is 34.1 Å². The molecule has 1 N–H and O–H groups in total. The zero-order chi connectivity index (χ0) is 17.4. The second-order valence-electron chi connectivity index (χ2n) is 5.79. The highest BCUT2D eigenvalue weighted by atomic mass is 79.9. The number of H-pyrrole nitrogens is 1. The Morgan fingerprint density at radius 3 is 2.92 bits per heavy atom. The van der Waals surface area contributed by atoms with Gasteiger partial charge in [0.25, 0.3) is 5.56 Å². The van der Waals surface area contributed by atoms with Crippen molar-refractivity contribution in [2.24, 2.45) is 0 Å². The number of nitrogens with one attached hydrogen (secondary N) is 1. The second kappa shape index (κ2) is 6.40. The summed E-state index contributed by atoms with van der Waals surface area (Å²) in [6.45, 7) is 2.87. The minimum Gasteiger partial charge on any atom is -0.327 e. The Morgan fingerprint density at radius 2 is 2.16 bits per heavy atom. The van der Waals surface area contributed by atoms with Crippen molar-refractivity contribution in [2.45, 2.75) is 32.7 Å². The van der Waals surface area contributed by atoms with Gasteiger partial charge in [0.1, 0.15) is 0 Å². The van der Waals surface area contributed by atoms with Gasteiger partial charge in [-0.2, -0.15) is 0 Å². The summed E-state index contributed by atoms with van der Waals surface area (Å²) in [5.74, 6) is 0.969. The van der Waals surface area contributed by atoms with Crippen molar-refractivity contribution in [2.75, 3.05) is 0 Å². The van der Waals surface area contributed by atoms with E-state index in [2.05, 4.69) is 48.0 Å². The molecular weight excluding hydrogens is 386 g/mol. The maximum Gasteiger partial charge on any atom is 0.286 e. The molecule has 0 aliphatic rings. The standard InChI is InChI=1S/C16H16BrN7O/c1-2-3-4-8-23-13-11(19-15(17)20-13)14(25)24-12(21-22-16(23)24)10-6-5-7-18-9-10/h5-7,9H,2-4,8H2,1H3,(H,19,20). The predicted molar refractivity (Wildman–Crippen MR) is 97.4 cm³/mol. The van der Waals surface area contributed by atoms with E-state index in [0.717, 1.165) is 31.4 Å². The van der Waals surface area contributed by atoms with Crippen LogP contribution in [-0.4, -0.2) is 34.1 Å². The van der Waals surface area contributed by atoms with Crippen LogP contribution in [0, 0.1) is 0 Å². The molecule has 4 aromatic heterocycles. The van der Waals surface area contributed by atoms with Crippen molar-refractivity contribution >= 4 is 32.9 Å². The molecular formula is C16H16BrN7O. The first-order valence-electron chi connectivity index (χ1n) is 8.14. The van der Waals surface area contributed by atoms with Gasteiger partial charge < -0.3 is 4.98 Å². The summed E-state index contributed by atoms with van der Waals surface area (Å²) in [6.07, 6.45) is 6.53. The number of fused-ring (bicyclic) bond motifs is 2. The molecule has 128 valence electrons. The summed E-state index contributed by atoms with van der Waals surface area (Å²) in [6, 6.07) is 3.67. The number of unbranched alkanes of at least 4 members (excludes halogenated alkanes) is 2. The molecule has 0 unspecified atom stereocenters. The minimum absolute atomic E-state index is 0.223. The molecule has 0 spiro atoms. The lowest BCUT2D eigenvalue weighted by molar-refractivity contribution is 0.612. The fourth-order valence-corrected chi connectivity index (χ4v) is 3.30. The quantitative estimate of drug-likeness (QED) is 0.409. The molecule has 8 nitrogen and oxygen atoms in total. The van der Waals surface area contributed by atoms with Gasteiger partial charge in [0, 0.05) is 24.5 Å². The van der Waals surface area contributed by atoms with Gasteiger partial charge in [0.15, 0.2) is 21.7 Å². The Labute approximate surface area is 151 Å². The van der Waals surface area contributed by atoms with Gasteiger partial charge in [-0.1, -0.05) is 19.8 Å². The van der Waals surface area contributed by atoms with Crippen LogP contribution in [0.3, 0.4) is 0 Å². The van der Waals surface area contributed by atoms with Crippen LogP contribution in [-0.2, 0) is 6.54 Å². The third kappa shape index (κ3) is 2.64. The highest BCUT2D eigenvalue weighted by molar-refractivity contribution is 9.10. The van der Waals surface area contributed by atoms with Crippen molar-refractivity contribution in [1.29, 1.82) is 0 Å². The third-order valence-electron chi connectivity index (χ3n) is 4.12. The van der Waals surface area contributed by atoms with E-state index in [4.69, 9.17) is 0 Å². The summed E-state index contributed by atoms with van der Waals surface area (Å²) in [5.41, 5.74) is 1.54. The van der Waals surface area contributed by atoms with Crippen molar-refractivity contribution in [3.05, 3.63) is 39.6 Å². The van der Waals surface area contributed by atoms with Crippen molar-refractivity contribution in [3.8, 4) is 11.4 Å². The molecule has 9 heteroatoms. The summed E-state index contributed by atoms with van der Waals surface area (Å²) >= 11 is 3.32. The Balaban J connectivity index is 2.02. The number of aromatic nitrogens is 7. The van der Waals surface area contributed by atoms with Crippen molar-refractivity contribution in [1.82, 2.24) is 34.1 Å². The highest BCUT2D eigenvalue weighted by Gasteiger charge is 2.20. The van der Waals surface area contributed by atoms with E-state index in [0.29, 0.717) is 27.5 Å². The Morgan fingerprint density at radius 1 is 1.28 bits per heavy atom. The fourth-order valence-electron chi connectivity index (χ4n) is 2.93. The number of aromatic amines is 1. The van der Waals surface area contributed by atoms with Gasteiger partial charge in [-0.15, -0.1) is 10.2 Å². The maximum atomic E-state index is 13.0. The Kier molecular flexibility index (Phi) is 4.08. The first-order valence-corrected chi connectivity index (χ1v) is 8.93. The molecule has 4 rings (SSSR count). The van der Waals surface area contributed by atoms with E-state index in [-0.39, 0.29) is 5.56 Å². The minimum atomic E-state index is -0.223. The SMILES string of the molecule is CCCCCn1c2nc(Br)[nH]c2c(=O)n2c(-c3cccnc3)nnc12. The van der Waals surface area contributed by atoms with Gasteiger partial charge in [-0.3, -0.25) is 14.3 Å². The number of aryl methyl sites for hydroxylation is 1. The highest BCUT2D eigenvalue weighted by Crippen LogP contribution is 2.20. The molecule has 4 heterocycles. The van der Waals surface area contributed by atoms with E-state index in [1.807, 2.05) is 16.7 Å². The molecule has 0 aliphatic heterocycles. The lowest BCUT2D eigenvalue weighted by atomic mass is 10.2. The molecule has 0 saturated heterocycles. The molecule has 4 aromatic rings. The lowest BCUT2D eigenvalue weighted by Gasteiger charge is -2.09. The van der Waals surface area contributed by atoms with Crippen LogP contribution >= 0.6 is 15.9 Å². The van der Waals surface area contributed by atoms with Gasteiger partial charge in [-0.05, 0) is 34.5 Å². The van der Waals surface area contributed by atoms with Crippen LogP contribution in [0.25, 0.3) is 28.3 Å². The van der Waals surface area contributed by atoms with Gasteiger partial charge >= 0.3 is 0 Å². The average Bonchev–Trinajstić information content (AvgIpc) is 3.23. The molecule has 0 aromatic carbocycles. The Bertz CT molecular complexity index is 1100. The zero-order valence-electron chi connectivity index (χ0n) is 13.6. The summed E-state index contributed by atoms with van der Waals surface area (Å²) in [4.78, 5) is 24.5. The summed E-state index contributed by atoms with van der Waals surface area (Å²) in [5, 5.41) is 8.51. The number of pyridine rings is 1. The zero-order valence-corrected chi connectivity index (χ0v) is 15.2. The first kappa shape index (κ1) is 15.9. The first-order chi connectivity index (χ1) is 12.2. The normalized spacial score (nSPS) is 11.6. The molecule has 0 radical (unpaired) electrons. The van der Waals surface area contributed by atoms with E-state index in [9.17, 15) is 4.79 Å². The molecule has 0 aliphatic carbocycles. The molecule has 0 amide bonds. The second-order valence-corrected chi connectivity index (χ2v) is 6.54. The maximum absolute atomic E-state index is 13.0. The molecule has 0 fully saturated rings. The van der Waals surface area contributed by atoms with Crippen LogP contribution in [0.4, 0.5) is 0 Å². The topological polar surface area (TPSA) is 93.8 Å². The molecule has 25 heavy (non-hydrogen) atoms. The van der Waals surface area contributed by atoms with Crippen LogP contribution in [0.1, 0.15) is 26.2 Å². The van der Waals surface area contributed by atoms with E-state index in [1.54, 1.807) is 12.4 Å². The van der Waals surface area contributed by atoms with Crippen LogP contribution in [0.2, 0.25) is 0 Å². The predicted octanol–water partition coefficient (Wildman–Crippen LogP) is 2.78. The van der Waals surface area contributed by atoms with E-state index >= 15 is 0 Å². The van der Waals surface area contributed by atoms with E-state index in [1.165, 1.54) is 4.40 Å². The number of nitrogens with zero attached hydrogens (tertiary/aromatic N) is 6. The number of hydrogen-bond donors (Lipinski definition) is 1. The molecule has 0 atom stereocenters. The van der Waals surface area contributed by atoms with Gasteiger partial charge in [0.2, 0.25) is 5.78 Å². The molecule has 0 saturated carbocycles. The Hall–Kier alpha value is -2.55. The largest absolute Gasteiger partial charge is 0.327 e. The summed E-state index contributed by atoms with van der Waals surface area (Å²) in [7, 11) is 0. The average molecular weight is 402 g/mol. The third-order valence-corrected chi connectivity index (χ3v) is 4.50. The fraction of sp³-hybridized carbons (Fsp3) is 0.312. The van der Waals surface area contributed by atoms with Gasteiger partial charge in [0.05, 0.1) is 0 Å². The number of imidazole rings is 1. The molecule has 0 bridgehead atoms. The van der Waals surface area contributed by atoms with Gasteiger partial charge in [-0.25, -0.2) is 9.38 Å².